The first-order valence-corrected chi connectivity index (χ1v) is 4.06. The van der Waals surface area contributed by atoms with Gasteiger partial charge in [0.1, 0.15) is 0 Å². The van der Waals surface area contributed by atoms with Crippen LogP contribution in [0.5, 0.6) is 0 Å². The second kappa shape index (κ2) is 5.53. The van der Waals surface area contributed by atoms with Gasteiger partial charge >= 0.3 is 0 Å². The standard InChI is InChI=1S/C11H17N/c1-6-9(3)10(4)11(7-2)8-12-5/h6-8H,1H2,2-5H3/b10-9+,11-7+,12-8?. The Hall–Kier alpha value is -1.11. The Labute approximate surface area is 75.2 Å². The van der Waals surface area contributed by atoms with Crippen molar-refractivity contribution in [1.82, 2.24) is 0 Å². The molecule has 0 aliphatic rings. The Kier molecular flexibility index (Phi) is 5.02. The molecule has 0 heterocycles. The van der Waals surface area contributed by atoms with Crippen molar-refractivity contribution in [3.05, 3.63) is 35.5 Å². The van der Waals surface area contributed by atoms with Gasteiger partial charge in [-0.25, -0.2) is 0 Å². The van der Waals surface area contributed by atoms with Crippen LogP contribution in [0.2, 0.25) is 0 Å². The first kappa shape index (κ1) is 10.9. The van der Waals surface area contributed by atoms with Gasteiger partial charge in [-0.1, -0.05) is 18.7 Å². The van der Waals surface area contributed by atoms with Crippen LogP contribution < -0.4 is 0 Å². The Bertz CT molecular complexity index is 242. The monoisotopic (exact) mass is 163 g/mol. The average Bonchev–Trinajstić information content (AvgIpc) is 2.11. The van der Waals surface area contributed by atoms with E-state index in [0.29, 0.717) is 0 Å². The van der Waals surface area contributed by atoms with Gasteiger partial charge in [0.25, 0.3) is 0 Å². The zero-order valence-electron chi connectivity index (χ0n) is 8.39. The Morgan fingerprint density at radius 2 is 1.92 bits per heavy atom. The van der Waals surface area contributed by atoms with Crippen LogP contribution >= 0.6 is 0 Å². The second-order valence-electron chi connectivity index (χ2n) is 2.64. The molecule has 0 unspecified atom stereocenters. The van der Waals surface area contributed by atoms with Gasteiger partial charge in [0, 0.05) is 13.3 Å². The summed E-state index contributed by atoms with van der Waals surface area (Å²) in [6.45, 7) is 9.87. The maximum atomic E-state index is 3.98. The molecule has 0 aromatic heterocycles. The minimum Gasteiger partial charge on any atom is -0.296 e. The molecule has 0 fully saturated rings. The molecule has 0 aliphatic carbocycles. The van der Waals surface area contributed by atoms with Crippen LogP contribution in [0.4, 0.5) is 0 Å². The minimum atomic E-state index is 1.16. The Morgan fingerprint density at radius 3 is 2.25 bits per heavy atom. The number of rotatable bonds is 3. The molecule has 0 aromatic rings. The fourth-order valence-corrected chi connectivity index (χ4v) is 0.908. The predicted molar refractivity (Wildman–Crippen MR) is 56.7 cm³/mol. The van der Waals surface area contributed by atoms with Gasteiger partial charge in [-0.15, -0.1) is 0 Å². The highest BCUT2D eigenvalue weighted by Gasteiger charge is 1.96. The number of aliphatic imine (C=N–C) groups is 1. The predicted octanol–water partition coefficient (Wildman–Crippen LogP) is 3.16. The van der Waals surface area contributed by atoms with Crippen LogP contribution in [0.25, 0.3) is 0 Å². The molecule has 0 atom stereocenters. The van der Waals surface area contributed by atoms with Crippen LogP contribution in [-0.4, -0.2) is 13.3 Å². The summed E-state index contributed by atoms with van der Waals surface area (Å²) in [4.78, 5) is 3.98. The molecule has 1 nitrogen and oxygen atoms in total. The van der Waals surface area contributed by atoms with E-state index in [1.807, 2.05) is 19.2 Å². The summed E-state index contributed by atoms with van der Waals surface area (Å²) >= 11 is 0. The summed E-state index contributed by atoms with van der Waals surface area (Å²) in [7, 11) is 1.78. The number of nitrogens with zero attached hydrogens (tertiary/aromatic N) is 1. The van der Waals surface area contributed by atoms with Crippen molar-refractivity contribution in [3.63, 3.8) is 0 Å². The minimum absolute atomic E-state index is 1.16. The molecule has 0 radical (unpaired) electrons. The molecule has 0 amide bonds. The van der Waals surface area contributed by atoms with Crippen molar-refractivity contribution >= 4 is 6.21 Å². The van der Waals surface area contributed by atoms with E-state index in [9.17, 15) is 0 Å². The van der Waals surface area contributed by atoms with Gasteiger partial charge < -0.3 is 0 Å². The third-order valence-electron chi connectivity index (χ3n) is 1.91. The van der Waals surface area contributed by atoms with Crippen molar-refractivity contribution in [2.75, 3.05) is 7.05 Å². The van der Waals surface area contributed by atoms with Crippen molar-refractivity contribution in [2.45, 2.75) is 20.8 Å². The Balaban J connectivity index is 4.89. The fraction of sp³-hybridized carbons (Fsp3) is 0.364. The van der Waals surface area contributed by atoms with Gasteiger partial charge in [0.15, 0.2) is 0 Å². The zero-order chi connectivity index (χ0) is 9.56. The lowest BCUT2D eigenvalue weighted by Crippen LogP contribution is -1.89. The molecule has 0 bridgehead atoms. The maximum Gasteiger partial charge on any atom is 0.0280 e. The van der Waals surface area contributed by atoms with Gasteiger partial charge in [-0.2, -0.15) is 0 Å². The quantitative estimate of drug-likeness (QED) is 0.447. The van der Waals surface area contributed by atoms with Crippen LogP contribution in [0.15, 0.2) is 40.4 Å². The molecule has 0 saturated carbocycles. The van der Waals surface area contributed by atoms with E-state index in [1.54, 1.807) is 7.05 Å². The highest BCUT2D eigenvalue weighted by molar-refractivity contribution is 5.84. The lowest BCUT2D eigenvalue weighted by atomic mass is 10.0. The van der Waals surface area contributed by atoms with Crippen molar-refractivity contribution < 1.29 is 0 Å². The molecule has 0 aromatic carbocycles. The third-order valence-corrected chi connectivity index (χ3v) is 1.91. The van der Waals surface area contributed by atoms with Crippen molar-refractivity contribution in [2.24, 2.45) is 4.99 Å². The van der Waals surface area contributed by atoms with E-state index >= 15 is 0 Å². The first-order chi connectivity index (χ1) is 5.67. The van der Waals surface area contributed by atoms with E-state index < -0.39 is 0 Å². The van der Waals surface area contributed by atoms with Gasteiger partial charge in [-0.3, -0.25) is 4.99 Å². The number of allylic oxidation sites excluding steroid dienone is 5. The summed E-state index contributed by atoms with van der Waals surface area (Å²) in [6.07, 6.45) is 5.78. The van der Waals surface area contributed by atoms with Crippen LogP contribution in [0, 0.1) is 0 Å². The third kappa shape index (κ3) is 2.87. The normalized spacial score (nSPS) is 14.8. The van der Waals surface area contributed by atoms with Crippen LogP contribution in [0.1, 0.15) is 20.8 Å². The molecular formula is C11H17N. The summed E-state index contributed by atoms with van der Waals surface area (Å²) in [5.41, 5.74) is 3.59. The maximum absolute atomic E-state index is 3.98. The lowest BCUT2D eigenvalue weighted by Gasteiger charge is -2.03. The number of hydrogen-bond donors (Lipinski definition) is 0. The Morgan fingerprint density at radius 1 is 1.33 bits per heavy atom. The second-order valence-corrected chi connectivity index (χ2v) is 2.64. The zero-order valence-corrected chi connectivity index (χ0v) is 8.39. The van der Waals surface area contributed by atoms with Crippen LogP contribution in [0.3, 0.4) is 0 Å². The van der Waals surface area contributed by atoms with Crippen molar-refractivity contribution in [1.29, 1.82) is 0 Å². The number of hydrogen-bond acceptors (Lipinski definition) is 1. The van der Waals surface area contributed by atoms with Gasteiger partial charge in [0.05, 0.1) is 0 Å². The van der Waals surface area contributed by atoms with Crippen molar-refractivity contribution in [3.8, 4) is 0 Å². The average molecular weight is 163 g/mol. The fourth-order valence-electron chi connectivity index (χ4n) is 0.908. The van der Waals surface area contributed by atoms with Crippen LogP contribution in [-0.2, 0) is 0 Å². The molecule has 1 heteroatoms. The SMILES string of the molecule is C=C/C(C)=C(C)/C(C=NC)=C/C. The molecule has 0 spiro atoms. The highest BCUT2D eigenvalue weighted by Crippen LogP contribution is 2.12. The van der Waals surface area contributed by atoms with Gasteiger partial charge in [0.2, 0.25) is 0 Å². The summed E-state index contributed by atoms with van der Waals surface area (Å²) in [6, 6.07) is 0. The summed E-state index contributed by atoms with van der Waals surface area (Å²) in [5.74, 6) is 0. The largest absolute Gasteiger partial charge is 0.296 e. The van der Waals surface area contributed by atoms with E-state index in [1.165, 1.54) is 11.1 Å². The first-order valence-electron chi connectivity index (χ1n) is 4.06. The van der Waals surface area contributed by atoms with E-state index in [-0.39, 0.29) is 0 Å². The molecule has 0 rings (SSSR count). The molecule has 66 valence electrons. The smallest absolute Gasteiger partial charge is 0.0280 e. The van der Waals surface area contributed by atoms with E-state index in [4.69, 9.17) is 0 Å². The van der Waals surface area contributed by atoms with E-state index in [0.717, 1.165) is 5.57 Å². The molecular weight excluding hydrogens is 146 g/mol. The molecule has 0 aliphatic heterocycles. The summed E-state index contributed by atoms with van der Waals surface area (Å²) < 4.78 is 0. The topological polar surface area (TPSA) is 12.4 Å². The lowest BCUT2D eigenvalue weighted by molar-refractivity contribution is 1.33. The van der Waals surface area contributed by atoms with E-state index in [2.05, 4.69) is 31.5 Å². The highest BCUT2D eigenvalue weighted by atomic mass is 14.6. The van der Waals surface area contributed by atoms with Gasteiger partial charge in [-0.05, 0) is 37.5 Å². The summed E-state index contributed by atoms with van der Waals surface area (Å²) in [5, 5.41) is 0. The molecule has 12 heavy (non-hydrogen) atoms. The molecule has 0 N–H and O–H groups in total. The molecule has 0 saturated heterocycles.